The highest BCUT2D eigenvalue weighted by Gasteiger charge is 2.14. The van der Waals surface area contributed by atoms with Gasteiger partial charge in [-0.15, -0.1) is 0 Å². The molecule has 0 spiro atoms. The quantitative estimate of drug-likeness (QED) is 0.764. The van der Waals surface area contributed by atoms with E-state index in [0.29, 0.717) is 11.0 Å². The van der Waals surface area contributed by atoms with E-state index in [1.807, 2.05) is 0 Å². The molecule has 0 aliphatic heterocycles. The van der Waals surface area contributed by atoms with Gasteiger partial charge in [0.25, 0.3) is 0 Å². The Morgan fingerprint density at radius 1 is 1.24 bits per heavy atom. The van der Waals surface area contributed by atoms with Gasteiger partial charge >= 0.3 is 11.7 Å². The summed E-state index contributed by atoms with van der Waals surface area (Å²) in [5.41, 5.74) is 0.385. The molecule has 0 saturated heterocycles. The minimum absolute atomic E-state index is 0.0165. The first-order valence-electron chi connectivity index (χ1n) is 5.91. The van der Waals surface area contributed by atoms with Crippen LogP contribution >= 0.6 is 11.6 Å². The van der Waals surface area contributed by atoms with Crippen molar-refractivity contribution in [3.05, 3.63) is 63.3 Å². The number of hydrogen-bond donors (Lipinski definition) is 2. The molecule has 0 atom stereocenters. The van der Waals surface area contributed by atoms with Crippen LogP contribution in [0.25, 0.3) is 16.7 Å². The molecule has 5 nitrogen and oxygen atoms in total. The van der Waals surface area contributed by atoms with Gasteiger partial charge < -0.3 is 10.1 Å². The van der Waals surface area contributed by atoms with Crippen molar-refractivity contribution in [1.82, 2.24) is 9.55 Å². The summed E-state index contributed by atoms with van der Waals surface area (Å²) in [4.78, 5) is 25.7. The van der Waals surface area contributed by atoms with Gasteiger partial charge in [0.1, 0.15) is 5.82 Å². The van der Waals surface area contributed by atoms with Crippen LogP contribution in [0.1, 0.15) is 10.4 Å². The Balaban J connectivity index is 2.38. The van der Waals surface area contributed by atoms with Crippen molar-refractivity contribution in [3.8, 4) is 5.69 Å². The lowest BCUT2D eigenvalue weighted by molar-refractivity contribution is 0.0697. The Kier molecular flexibility index (Phi) is 3.03. The zero-order valence-electron chi connectivity index (χ0n) is 10.4. The van der Waals surface area contributed by atoms with Crippen LogP contribution in [0.15, 0.2) is 41.2 Å². The number of imidazole rings is 1. The van der Waals surface area contributed by atoms with Crippen molar-refractivity contribution >= 4 is 28.6 Å². The lowest BCUT2D eigenvalue weighted by atomic mass is 10.2. The zero-order chi connectivity index (χ0) is 15.1. The average molecular weight is 307 g/mol. The maximum Gasteiger partial charge on any atom is 0.335 e. The molecule has 0 amide bonds. The number of H-pyrrole nitrogens is 1. The molecule has 1 aromatic heterocycles. The van der Waals surface area contributed by atoms with Crippen LogP contribution in [0, 0.1) is 5.82 Å². The number of fused-ring (bicyclic) bond motifs is 1. The summed E-state index contributed by atoms with van der Waals surface area (Å²) in [5.74, 6) is -1.67. The van der Waals surface area contributed by atoms with Gasteiger partial charge in [-0.25, -0.2) is 14.0 Å². The standard InChI is InChI=1S/C14H8ClFN2O3/c15-9-3-2-8(16)6-11(9)18-12-5-7(13(19)20)1-4-10(12)17-14(18)21/h1-6H,(H,17,21)(H,19,20). The van der Waals surface area contributed by atoms with E-state index in [0.717, 1.165) is 10.6 Å². The predicted molar refractivity (Wildman–Crippen MR) is 75.8 cm³/mol. The molecule has 3 aromatic rings. The Morgan fingerprint density at radius 2 is 2.00 bits per heavy atom. The summed E-state index contributed by atoms with van der Waals surface area (Å²) >= 11 is 6.01. The second-order valence-electron chi connectivity index (χ2n) is 4.40. The third-order valence-electron chi connectivity index (χ3n) is 3.08. The molecular weight excluding hydrogens is 299 g/mol. The van der Waals surface area contributed by atoms with Crippen LogP contribution in [0.3, 0.4) is 0 Å². The molecule has 7 heteroatoms. The van der Waals surface area contributed by atoms with Gasteiger partial charge in [0.15, 0.2) is 0 Å². The highest BCUT2D eigenvalue weighted by molar-refractivity contribution is 6.32. The van der Waals surface area contributed by atoms with Crippen LogP contribution in [0.5, 0.6) is 0 Å². The average Bonchev–Trinajstić information content (AvgIpc) is 2.76. The van der Waals surface area contributed by atoms with Crippen molar-refractivity contribution in [2.24, 2.45) is 0 Å². The number of carbonyl (C=O) groups is 1. The number of benzene rings is 2. The normalized spacial score (nSPS) is 11.0. The first-order valence-corrected chi connectivity index (χ1v) is 6.28. The van der Waals surface area contributed by atoms with E-state index >= 15 is 0 Å². The molecule has 1 heterocycles. The molecule has 0 bridgehead atoms. The van der Waals surface area contributed by atoms with Crippen molar-refractivity contribution < 1.29 is 14.3 Å². The van der Waals surface area contributed by atoms with E-state index < -0.39 is 17.5 Å². The van der Waals surface area contributed by atoms with Crippen LogP contribution in [0.4, 0.5) is 4.39 Å². The summed E-state index contributed by atoms with van der Waals surface area (Å²) < 4.78 is 14.5. The van der Waals surface area contributed by atoms with Gasteiger partial charge in [0.2, 0.25) is 0 Å². The summed E-state index contributed by atoms with van der Waals surface area (Å²) in [6.45, 7) is 0. The minimum atomic E-state index is -1.12. The van der Waals surface area contributed by atoms with Gasteiger partial charge in [0, 0.05) is 0 Å². The predicted octanol–water partition coefficient (Wildman–Crippen LogP) is 2.81. The number of halogens is 2. The van der Waals surface area contributed by atoms with Crippen LogP contribution in [-0.4, -0.2) is 20.6 Å². The Morgan fingerprint density at radius 3 is 2.71 bits per heavy atom. The smallest absolute Gasteiger partial charge is 0.335 e. The molecule has 0 saturated carbocycles. The summed E-state index contributed by atoms with van der Waals surface area (Å²) in [5, 5.41) is 9.21. The van der Waals surface area contributed by atoms with Crippen molar-refractivity contribution in [3.63, 3.8) is 0 Å². The highest BCUT2D eigenvalue weighted by Crippen LogP contribution is 2.24. The second-order valence-corrected chi connectivity index (χ2v) is 4.81. The third kappa shape index (κ3) is 2.19. The SMILES string of the molecule is O=C(O)c1ccc2[nH]c(=O)n(-c3cc(F)ccc3Cl)c2c1. The largest absolute Gasteiger partial charge is 0.478 e. The third-order valence-corrected chi connectivity index (χ3v) is 3.40. The van der Waals surface area contributed by atoms with Crippen molar-refractivity contribution in [2.45, 2.75) is 0 Å². The number of aromatic carboxylic acids is 1. The van der Waals surface area contributed by atoms with E-state index in [1.165, 1.54) is 30.3 Å². The highest BCUT2D eigenvalue weighted by atomic mass is 35.5. The Labute approximate surface area is 122 Å². The molecule has 0 fully saturated rings. The first kappa shape index (κ1) is 13.4. The number of aromatic nitrogens is 2. The molecule has 3 rings (SSSR count). The Bertz CT molecular complexity index is 930. The number of rotatable bonds is 2. The van der Waals surface area contributed by atoms with Crippen molar-refractivity contribution in [2.75, 3.05) is 0 Å². The molecule has 21 heavy (non-hydrogen) atoms. The summed E-state index contributed by atoms with van der Waals surface area (Å²) in [7, 11) is 0. The van der Waals surface area contributed by atoms with E-state index in [2.05, 4.69) is 4.98 Å². The molecule has 2 N–H and O–H groups in total. The molecule has 0 unspecified atom stereocenters. The molecule has 0 aliphatic carbocycles. The number of carboxylic acids is 1. The zero-order valence-corrected chi connectivity index (χ0v) is 11.2. The maximum absolute atomic E-state index is 13.4. The number of hydrogen-bond acceptors (Lipinski definition) is 2. The first-order chi connectivity index (χ1) is 9.97. The lowest BCUT2D eigenvalue weighted by Gasteiger charge is -2.06. The fourth-order valence-corrected chi connectivity index (χ4v) is 2.33. The minimum Gasteiger partial charge on any atom is -0.478 e. The van der Waals surface area contributed by atoms with E-state index in [1.54, 1.807) is 0 Å². The van der Waals surface area contributed by atoms with Gasteiger partial charge in [0.05, 0.1) is 27.3 Å². The fraction of sp³-hybridized carbons (Fsp3) is 0. The number of nitrogens with zero attached hydrogens (tertiary/aromatic N) is 1. The molecule has 0 radical (unpaired) electrons. The topological polar surface area (TPSA) is 75.1 Å². The van der Waals surface area contributed by atoms with E-state index in [4.69, 9.17) is 16.7 Å². The van der Waals surface area contributed by atoms with E-state index in [9.17, 15) is 14.0 Å². The van der Waals surface area contributed by atoms with Crippen LogP contribution in [0.2, 0.25) is 5.02 Å². The molecule has 0 aliphatic rings. The number of nitrogens with one attached hydrogen (secondary N) is 1. The monoisotopic (exact) mass is 306 g/mol. The summed E-state index contributed by atoms with van der Waals surface area (Å²) in [6, 6.07) is 7.80. The summed E-state index contributed by atoms with van der Waals surface area (Å²) in [6.07, 6.45) is 0. The number of aromatic amines is 1. The number of carboxylic acid groups (broad SMARTS) is 1. The fourth-order valence-electron chi connectivity index (χ4n) is 2.13. The molecule has 2 aromatic carbocycles. The van der Waals surface area contributed by atoms with E-state index in [-0.39, 0.29) is 16.3 Å². The molecular formula is C14H8ClFN2O3. The van der Waals surface area contributed by atoms with Crippen molar-refractivity contribution in [1.29, 1.82) is 0 Å². The maximum atomic E-state index is 13.4. The Hall–Kier alpha value is -2.60. The van der Waals surface area contributed by atoms with Crippen LogP contribution < -0.4 is 5.69 Å². The molecule has 106 valence electrons. The van der Waals surface area contributed by atoms with Gasteiger partial charge in [-0.05, 0) is 36.4 Å². The van der Waals surface area contributed by atoms with Gasteiger partial charge in [-0.3, -0.25) is 4.57 Å². The lowest BCUT2D eigenvalue weighted by Crippen LogP contribution is -2.15. The van der Waals surface area contributed by atoms with Gasteiger partial charge in [-0.1, -0.05) is 11.6 Å². The second kappa shape index (κ2) is 4.75. The van der Waals surface area contributed by atoms with Gasteiger partial charge in [-0.2, -0.15) is 0 Å². The van der Waals surface area contributed by atoms with Crippen LogP contribution in [-0.2, 0) is 0 Å².